The van der Waals surface area contributed by atoms with Crippen LogP contribution in [0.2, 0.25) is 5.02 Å². The van der Waals surface area contributed by atoms with Crippen LogP contribution >= 0.6 is 27.5 Å². The number of aromatic nitrogens is 2. The van der Waals surface area contributed by atoms with Gasteiger partial charge in [0.1, 0.15) is 11.3 Å². The highest BCUT2D eigenvalue weighted by molar-refractivity contribution is 9.10. The maximum Gasteiger partial charge on any atom is 0.451 e. The summed E-state index contributed by atoms with van der Waals surface area (Å²) in [5, 5.41) is 0.252. The molecule has 1 saturated heterocycles. The first-order chi connectivity index (χ1) is 10.8. The topological polar surface area (TPSA) is 29.0 Å². The van der Waals surface area contributed by atoms with Crippen LogP contribution in [0.4, 0.5) is 23.4 Å². The zero-order chi connectivity index (χ0) is 16.8. The van der Waals surface area contributed by atoms with Crippen molar-refractivity contribution in [2.45, 2.75) is 25.4 Å². The molecule has 1 aliphatic rings. The number of alkyl halides is 3. The molecule has 0 aliphatic carbocycles. The first kappa shape index (κ1) is 16.7. The van der Waals surface area contributed by atoms with Crippen molar-refractivity contribution in [3.05, 3.63) is 27.2 Å². The summed E-state index contributed by atoms with van der Waals surface area (Å²) < 4.78 is 53.5. The molecule has 9 heteroatoms. The van der Waals surface area contributed by atoms with Crippen molar-refractivity contribution in [1.29, 1.82) is 0 Å². The van der Waals surface area contributed by atoms with Crippen molar-refractivity contribution >= 4 is 44.3 Å². The molecule has 0 radical (unpaired) electrons. The minimum atomic E-state index is -4.75. The van der Waals surface area contributed by atoms with E-state index in [1.54, 1.807) is 4.90 Å². The second-order valence-electron chi connectivity index (χ2n) is 5.30. The van der Waals surface area contributed by atoms with Gasteiger partial charge in [-0.1, -0.05) is 11.6 Å². The highest BCUT2D eigenvalue weighted by Crippen LogP contribution is 2.38. The standard InChI is InChI=1S/C14H11BrClF4N3/c15-9-8(16)6-7-11(10(9)17)21-13(14(18,19)20)22-12(7)23-4-2-1-3-5-23/h6H,1-5H2. The van der Waals surface area contributed by atoms with Crippen LogP contribution in [0, 0.1) is 5.82 Å². The second-order valence-corrected chi connectivity index (χ2v) is 6.50. The molecule has 124 valence electrons. The van der Waals surface area contributed by atoms with E-state index in [-0.39, 0.29) is 26.2 Å². The highest BCUT2D eigenvalue weighted by Gasteiger charge is 2.37. The summed E-state index contributed by atoms with van der Waals surface area (Å²) >= 11 is 8.88. The monoisotopic (exact) mass is 411 g/mol. The third kappa shape index (κ3) is 3.10. The molecule has 2 aromatic rings. The quantitative estimate of drug-likeness (QED) is 0.476. The average Bonchev–Trinajstić information content (AvgIpc) is 2.52. The molecule has 0 saturated carbocycles. The Labute approximate surface area is 142 Å². The molecule has 3 rings (SSSR count). The van der Waals surface area contributed by atoms with Crippen LogP contribution in [-0.4, -0.2) is 23.1 Å². The van der Waals surface area contributed by atoms with Crippen LogP contribution in [0.5, 0.6) is 0 Å². The van der Waals surface area contributed by atoms with Crippen molar-refractivity contribution in [2.75, 3.05) is 18.0 Å². The maximum atomic E-state index is 14.4. The number of hydrogen-bond acceptors (Lipinski definition) is 3. The molecule has 0 bridgehead atoms. The van der Waals surface area contributed by atoms with Crippen molar-refractivity contribution in [3.8, 4) is 0 Å². The summed E-state index contributed by atoms with van der Waals surface area (Å²) in [6.45, 7) is 1.14. The van der Waals surface area contributed by atoms with Crippen LogP contribution in [0.3, 0.4) is 0 Å². The number of piperidine rings is 1. The minimum absolute atomic E-state index is 0.0663. The number of hydrogen-bond donors (Lipinski definition) is 0. The SMILES string of the molecule is Fc1c(Br)c(Cl)cc2c(N3CCCCC3)nc(C(F)(F)F)nc12. The number of benzene rings is 1. The number of nitrogens with zero attached hydrogens (tertiary/aromatic N) is 3. The van der Waals surface area contributed by atoms with Crippen LogP contribution in [0.15, 0.2) is 10.5 Å². The number of fused-ring (bicyclic) bond motifs is 1. The minimum Gasteiger partial charge on any atom is -0.356 e. The molecule has 2 heterocycles. The van der Waals surface area contributed by atoms with Gasteiger partial charge in [0.15, 0.2) is 5.82 Å². The Balaban J connectivity index is 2.30. The highest BCUT2D eigenvalue weighted by atomic mass is 79.9. The average molecular weight is 413 g/mol. The molecular weight excluding hydrogens is 402 g/mol. The van der Waals surface area contributed by atoms with Gasteiger partial charge in [-0.2, -0.15) is 13.2 Å². The fourth-order valence-electron chi connectivity index (χ4n) is 2.63. The number of rotatable bonds is 1. The van der Waals surface area contributed by atoms with Crippen molar-refractivity contribution in [2.24, 2.45) is 0 Å². The lowest BCUT2D eigenvalue weighted by Crippen LogP contribution is -2.31. The van der Waals surface area contributed by atoms with Crippen molar-refractivity contribution in [1.82, 2.24) is 9.97 Å². The molecule has 0 amide bonds. The van der Waals surface area contributed by atoms with Gasteiger partial charge in [0, 0.05) is 18.5 Å². The second kappa shape index (κ2) is 6.05. The van der Waals surface area contributed by atoms with E-state index in [0.717, 1.165) is 19.3 Å². The molecule has 0 atom stereocenters. The molecule has 3 nitrogen and oxygen atoms in total. The summed E-state index contributed by atoms with van der Waals surface area (Å²) in [6, 6.07) is 1.40. The molecule has 1 fully saturated rings. The van der Waals surface area contributed by atoms with Gasteiger partial charge in [-0.25, -0.2) is 14.4 Å². The first-order valence-corrected chi connectivity index (χ1v) is 8.13. The lowest BCUT2D eigenvalue weighted by molar-refractivity contribution is -0.144. The van der Waals surface area contributed by atoms with Crippen LogP contribution < -0.4 is 4.90 Å². The molecule has 0 N–H and O–H groups in total. The Morgan fingerprint density at radius 1 is 1.13 bits per heavy atom. The summed E-state index contributed by atoms with van der Waals surface area (Å²) in [7, 11) is 0. The van der Waals surface area contributed by atoms with Crippen LogP contribution in [0.25, 0.3) is 10.9 Å². The van der Waals surface area contributed by atoms with Crippen molar-refractivity contribution < 1.29 is 17.6 Å². The van der Waals surface area contributed by atoms with E-state index in [9.17, 15) is 17.6 Å². The van der Waals surface area contributed by atoms with Gasteiger partial charge in [-0.15, -0.1) is 0 Å². The third-order valence-corrected chi connectivity index (χ3v) is 5.02. The Morgan fingerprint density at radius 2 is 1.78 bits per heavy atom. The van der Waals surface area contributed by atoms with Gasteiger partial charge in [0.2, 0.25) is 5.82 Å². The smallest absolute Gasteiger partial charge is 0.356 e. The van der Waals surface area contributed by atoms with E-state index in [1.165, 1.54) is 6.07 Å². The lowest BCUT2D eigenvalue weighted by Gasteiger charge is -2.29. The maximum absolute atomic E-state index is 14.4. The van der Waals surface area contributed by atoms with Gasteiger partial charge in [0.25, 0.3) is 0 Å². The summed E-state index contributed by atoms with van der Waals surface area (Å²) in [4.78, 5) is 8.76. The normalized spacial score (nSPS) is 16.2. The fraction of sp³-hybridized carbons (Fsp3) is 0.429. The molecule has 23 heavy (non-hydrogen) atoms. The Hall–Kier alpha value is -1.15. The molecule has 0 spiro atoms. The Morgan fingerprint density at radius 3 is 2.39 bits per heavy atom. The molecular formula is C14H11BrClF4N3. The largest absolute Gasteiger partial charge is 0.451 e. The van der Waals surface area contributed by atoms with Crippen LogP contribution in [-0.2, 0) is 6.18 Å². The Kier molecular flexibility index (Phi) is 4.39. The number of anilines is 1. The summed E-state index contributed by atoms with van der Waals surface area (Å²) in [6.07, 6.45) is -2.05. The zero-order valence-electron chi connectivity index (χ0n) is 11.7. The summed E-state index contributed by atoms with van der Waals surface area (Å²) in [5.41, 5.74) is -0.385. The van der Waals surface area contributed by atoms with Gasteiger partial charge < -0.3 is 4.90 Å². The predicted molar refractivity (Wildman–Crippen MR) is 83.3 cm³/mol. The third-order valence-electron chi connectivity index (χ3n) is 3.72. The molecule has 1 aromatic heterocycles. The summed E-state index contributed by atoms with van der Waals surface area (Å²) in [5.74, 6) is -2.19. The van der Waals surface area contributed by atoms with Crippen molar-refractivity contribution in [3.63, 3.8) is 0 Å². The van der Waals surface area contributed by atoms with E-state index in [4.69, 9.17) is 11.6 Å². The number of halogens is 6. The van der Waals surface area contributed by atoms with Gasteiger partial charge in [-0.3, -0.25) is 0 Å². The van der Waals surface area contributed by atoms with Gasteiger partial charge in [0.05, 0.1) is 9.50 Å². The lowest BCUT2D eigenvalue weighted by atomic mass is 10.1. The van der Waals surface area contributed by atoms with E-state index in [2.05, 4.69) is 25.9 Å². The van der Waals surface area contributed by atoms with E-state index >= 15 is 0 Å². The molecule has 1 aliphatic heterocycles. The van der Waals surface area contributed by atoms with E-state index in [0.29, 0.717) is 13.1 Å². The van der Waals surface area contributed by atoms with E-state index < -0.39 is 17.8 Å². The van der Waals surface area contributed by atoms with Crippen LogP contribution in [0.1, 0.15) is 25.1 Å². The fourth-order valence-corrected chi connectivity index (χ4v) is 3.12. The van der Waals surface area contributed by atoms with E-state index in [1.807, 2.05) is 0 Å². The molecule has 0 unspecified atom stereocenters. The van der Waals surface area contributed by atoms with Gasteiger partial charge >= 0.3 is 6.18 Å². The first-order valence-electron chi connectivity index (χ1n) is 6.96. The Bertz CT molecular complexity index is 760. The zero-order valence-corrected chi connectivity index (χ0v) is 14.1. The predicted octanol–water partition coefficient (Wildman–Crippen LogP) is 5.19. The molecule has 1 aromatic carbocycles. The van der Waals surface area contributed by atoms with Gasteiger partial charge in [-0.05, 0) is 41.3 Å².